The predicted molar refractivity (Wildman–Crippen MR) is 59.5 cm³/mol. The second kappa shape index (κ2) is 5.51. The summed E-state index contributed by atoms with van der Waals surface area (Å²) in [6, 6.07) is -1.40. The van der Waals surface area contributed by atoms with E-state index in [-0.39, 0.29) is 12.5 Å². The Morgan fingerprint density at radius 1 is 1.47 bits per heavy atom. The molecule has 1 aliphatic rings. The standard InChI is InChI=1S/C10H17N3O4/c1-3-7(9(15)16)11-10(17)13-5-4-12(2)8(14)6-13/h7H,3-6H2,1-2H3,(H,11,17)(H,15,16)/t7-/m0/s1. The topological polar surface area (TPSA) is 90.0 Å². The highest BCUT2D eigenvalue weighted by Crippen LogP contribution is 2.02. The van der Waals surface area contributed by atoms with Gasteiger partial charge >= 0.3 is 12.0 Å². The molecule has 7 heteroatoms. The number of hydrogen-bond acceptors (Lipinski definition) is 3. The number of aliphatic carboxylic acids is 1. The predicted octanol–water partition coefficient (Wildman–Crippen LogP) is -0.667. The first-order valence-corrected chi connectivity index (χ1v) is 5.48. The van der Waals surface area contributed by atoms with Gasteiger partial charge in [0.15, 0.2) is 0 Å². The van der Waals surface area contributed by atoms with Gasteiger partial charge in [-0.05, 0) is 6.42 Å². The Labute approximate surface area is 99.4 Å². The number of carboxylic acid groups (broad SMARTS) is 1. The summed E-state index contributed by atoms with van der Waals surface area (Å²) < 4.78 is 0. The molecular weight excluding hydrogens is 226 g/mol. The second-order valence-corrected chi connectivity index (χ2v) is 3.99. The molecule has 96 valence electrons. The third kappa shape index (κ3) is 3.33. The van der Waals surface area contributed by atoms with E-state index in [0.717, 1.165) is 0 Å². The van der Waals surface area contributed by atoms with Gasteiger partial charge in [-0.25, -0.2) is 9.59 Å². The highest BCUT2D eigenvalue weighted by atomic mass is 16.4. The molecule has 3 amide bonds. The van der Waals surface area contributed by atoms with E-state index in [1.54, 1.807) is 14.0 Å². The van der Waals surface area contributed by atoms with E-state index in [0.29, 0.717) is 19.5 Å². The van der Waals surface area contributed by atoms with Gasteiger partial charge in [-0.15, -0.1) is 0 Å². The summed E-state index contributed by atoms with van der Waals surface area (Å²) in [6.45, 7) is 2.56. The maximum atomic E-state index is 11.7. The SMILES string of the molecule is CC[C@H](NC(=O)N1CCN(C)C(=O)C1)C(=O)O. The van der Waals surface area contributed by atoms with Crippen LogP contribution in [0.5, 0.6) is 0 Å². The van der Waals surface area contributed by atoms with Crippen LogP contribution >= 0.6 is 0 Å². The molecule has 0 unspecified atom stereocenters. The second-order valence-electron chi connectivity index (χ2n) is 3.99. The number of hydrogen-bond donors (Lipinski definition) is 2. The molecule has 1 heterocycles. The average Bonchev–Trinajstić information content (AvgIpc) is 2.28. The Hall–Kier alpha value is -1.79. The molecule has 7 nitrogen and oxygen atoms in total. The number of nitrogens with one attached hydrogen (secondary N) is 1. The van der Waals surface area contributed by atoms with Crippen LogP contribution in [-0.4, -0.2) is 65.5 Å². The van der Waals surface area contributed by atoms with Gasteiger partial charge < -0.3 is 20.2 Å². The Morgan fingerprint density at radius 3 is 2.59 bits per heavy atom. The molecule has 1 atom stereocenters. The molecule has 0 aromatic carbocycles. The van der Waals surface area contributed by atoms with Crippen LogP contribution in [0.3, 0.4) is 0 Å². The van der Waals surface area contributed by atoms with Gasteiger partial charge in [-0.2, -0.15) is 0 Å². The van der Waals surface area contributed by atoms with Crippen molar-refractivity contribution >= 4 is 17.9 Å². The zero-order chi connectivity index (χ0) is 13.0. The lowest BCUT2D eigenvalue weighted by Gasteiger charge is -2.32. The molecule has 0 aromatic rings. The van der Waals surface area contributed by atoms with Crippen molar-refractivity contribution in [1.82, 2.24) is 15.1 Å². The Morgan fingerprint density at radius 2 is 2.12 bits per heavy atom. The van der Waals surface area contributed by atoms with Crippen molar-refractivity contribution in [3.63, 3.8) is 0 Å². The molecule has 17 heavy (non-hydrogen) atoms. The maximum Gasteiger partial charge on any atom is 0.326 e. The Balaban J connectivity index is 2.53. The number of urea groups is 1. The number of carbonyl (C=O) groups is 3. The van der Waals surface area contributed by atoms with Gasteiger partial charge in [0.1, 0.15) is 12.6 Å². The average molecular weight is 243 g/mol. The number of amides is 3. The van der Waals surface area contributed by atoms with Crippen molar-refractivity contribution in [3.05, 3.63) is 0 Å². The number of carbonyl (C=O) groups excluding carboxylic acids is 2. The van der Waals surface area contributed by atoms with E-state index in [2.05, 4.69) is 5.32 Å². The van der Waals surface area contributed by atoms with Crippen LogP contribution in [0.1, 0.15) is 13.3 Å². The van der Waals surface area contributed by atoms with Crippen molar-refractivity contribution in [2.75, 3.05) is 26.7 Å². The van der Waals surface area contributed by atoms with E-state index in [1.807, 2.05) is 0 Å². The van der Waals surface area contributed by atoms with E-state index >= 15 is 0 Å². The van der Waals surface area contributed by atoms with E-state index in [1.165, 1.54) is 9.80 Å². The molecule has 0 spiro atoms. The van der Waals surface area contributed by atoms with Gasteiger partial charge in [0.2, 0.25) is 5.91 Å². The summed E-state index contributed by atoms with van der Waals surface area (Å²) in [6.07, 6.45) is 0.308. The zero-order valence-electron chi connectivity index (χ0n) is 9.97. The van der Waals surface area contributed by atoms with Crippen molar-refractivity contribution in [2.24, 2.45) is 0 Å². The number of piperazine rings is 1. The lowest BCUT2D eigenvalue weighted by Crippen LogP contribution is -2.55. The van der Waals surface area contributed by atoms with Crippen LogP contribution in [0.15, 0.2) is 0 Å². The number of rotatable bonds is 3. The molecule has 1 saturated heterocycles. The fourth-order valence-corrected chi connectivity index (χ4v) is 1.51. The smallest absolute Gasteiger partial charge is 0.326 e. The molecule has 1 fully saturated rings. The number of likely N-dealkylation sites (N-methyl/N-ethyl adjacent to an activating group) is 1. The summed E-state index contributed by atoms with van der Waals surface area (Å²) in [7, 11) is 1.67. The fourth-order valence-electron chi connectivity index (χ4n) is 1.51. The Bertz CT molecular complexity index is 332. The minimum Gasteiger partial charge on any atom is -0.480 e. The van der Waals surface area contributed by atoms with Crippen LogP contribution < -0.4 is 5.32 Å². The summed E-state index contributed by atoms with van der Waals surface area (Å²) in [5, 5.41) is 11.2. The van der Waals surface area contributed by atoms with Crippen LogP contribution in [-0.2, 0) is 9.59 Å². The van der Waals surface area contributed by atoms with Crippen LogP contribution in [0.25, 0.3) is 0 Å². The molecule has 0 aromatic heterocycles. The molecule has 0 aliphatic carbocycles. The van der Waals surface area contributed by atoms with Gasteiger partial charge in [-0.1, -0.05) is 6.92 Å². The minimum atomic E-state index is -1.07. The molecule has 2 N–H and O–H groups in total. The van der Waals surface area contributed by atoms with Crippen molar-refractivity contribution in [2.45, 2.75) is 19.4 Å². The summed E-state index contributed by atoms with van der Waals surface area (Å²) in [4.78, 5) is 36.7. The van der Waals surface area contributed by atoms with Gasteiger partial charge in [0.25, 0.3) is 0 Å². The van der Waals surface area contributed by atoms with E-state index in [4.69, 9.17) is 5.11 Å². The summed E-state index contributed by atoms with van der Waals surface area (Å²) in [5.74, 6) is -1.21. The Kier molecular flexibility index (Phi) is 4.30. The lowest BCUT2D eigenvalue weighted by atomic mass is 10.2. The minimum absolute atomic E-state index is 0.00160. The van der Waals surface area contributed by atoms with Gasteiger partial charge in [0, 0.05) is 20.1 Å². The fraction of sp³-hybridized carbons (Fsp3) is 0.700. The maximum absolute atomic E-state index is 11.7. The molecule has 0 bridgehead atoms. The van der Waals surface area contributed by atoms with Crippen LogP contribution in [0.2, 0.25) is 0 Å². The third-order valence-electron chi connectivity index (χ3n) is 2.75. The monoisotopic (exact) mass is 243 g/mol. The van der Waals surface area contributed by atoms with Crippen molar-refractivity contribution in [1.29, 1.82) is 0 Å². The number of carboxylic acids is 1. The largest absolute Gasteiger partial charge is 0.480 e. The highest BCUT2D eigenvalue weighted by Gasteiger charge is 2.27. The van der Waals surface area contributed by atoms with E-state index < -0.39 is 18.0 Å². The first-order chi connectivity index (χ1) is 7.95. The lowest BCUT2D eigenvalue weighted by molar-refractivity contribution is -0.139. The molecule has 1 aliphatic heterocycles. The zero-order valence-corrected chi connectivity index (χ0v) is 9.97. The van der Waals surface area contributed by atoms with Crippen LogP contribution in [0.4, 0.5) is 4.79 Å². The molecule has 0 saturated carbocycles. The quantitative estimate of drug-likeness (QED) is 0.688. The van der Waals surface area contributed by atoms with Gasteiger partial charge in [-0.3, -0.25) is 4.79 Å². The van der Waals surface area contributed by atoms with Crippen molar-refractivity contribution in [3.8, 4) is 0 Å². The summed E-state index contributed by atoms with van der Waals surface area (Å²) >= 11 is 0. The highest BCUT2D eigenvalue weighted by molar-refractivity contribution is 5.87. The van der Waals surface area contributed by atoms with Gasteiger partial charge in [0.05, 0.1) is 0 Å². The molecular formula is C10H17N3O4. The number of nitrogens with zero attached hydrogens (tertiary/aromatic N) is 2. The van der Waals surface area contributed by atoms with Crippen LogP contribution in [0, 0.1) is 0 Å². The third-order valence-corrected chi connectivity index (χ3v) is 2.75. The normalized spacial score (nSPS) is 17.9. The van der Waals surface area contributed by atoms with Crippen molar-refractivity contribution < 1.29 is 19.5 Å². The first-order valence-electron chi connectivity index (χ1n) is 5.48. The molecule has 0 radical (unpaired) electrons. The molecule has 1 rings (SSSR count). The summed E-state index contributed by atoms with van der Waals surface area (Å²) in [5.41, 5.74) is 0. The first kappa shape index (κ1) is 13.3. The van der Waals surface area contributed by atoms with E-state index in [9.17, 15) is 14.4 Å².